The number of nitrogens with one attached hydrogen (secondary N) is 1. The molecule has 0 aromatic heterocycles. The van der Waals surface area contributed by atoms with Gasteiger partial charge >= 0.3 is 0 Å². The summed E-state index contributed by atoms with van der Waals surface area (Å²) in [4.78, 5) is 48.1. The molecule has 1 aliphatic carbocycles. The standard InChI is InChI=1S/C32H41FN4O3/c1-20(2)17-27-30(38)34-28(24-18-22-7-5-6-8-23(22)19-24)31(39)37(27)29(21-9-11-25(33)12-10-21)32(40)36-15-13-26(14-16-36)35(3)4/h5-12,20,24,26-29H,13-19H2,1-4H3,(H,34,38)/t27-,28?,29-/m1/s1. The van der Waals surface area contributed by atoms with E-state index in [1.54, 1.807) is 17.0 Å². The van der Waals surface area contributed by atoms with Gasteiger partial charge in [0.05, 0.1) is 0 Å². The van der Waals surface area contributed by atoms with Crippen LogP contribution >= 0.6 is 0 Å². The summed E-state index contributed by atoms with van der Waals surface area (Å²) < 4.78 is 14.0. The average Bonchev–Trinajstić information content (AvgIpc) is 3.37. The minimum Gasteiger partial charge on any atom is -0.342 e. The molecular weight excluding hydrogens is 507 g/mol. The summed E-state index contributed by atoms with van der Waals surface area (Å²) in [6.07, 6.45) is 3.50. The molecule has 40 heavy (non-hydrogen) atoms. The Hall–Kier alpha value is -3.26. The van der Waals surface area contributed by atoms with E-state index in [-0.39, 0.29) is 29.6 Å². The van der Waals surface area contributed by atoms with Gasteiger partial charge in [-0.3, -0.25) is 14.4 Å². The second kappa shape index (κ2) is 11.7. The Kier molecular flexibility index (Phi) is 8.26. The van der Waals surface area contributed by atoms with Crippen molar-refractivity contribution in [3.05, 3.63) is 71.0 Å². The third-order valence-corrected chi connectivity index (χ3v) is 8.91. The molecule has 7 nitrogen and oxygen atoms in total. The fourth-order valence-corrected chi connectivity index (χ4v) is 6.72. The molecule has 0 saturated carbocycles. The first-order valence-electron chi connectivity index (χ1n) is 14.5. The molecule has 0 radical (unpaired) electrons. The van der Waals surface area contributed by atoms with Gasteiger partial charge < -0.3 is 20.0 Å². The highest BCUT2D eigenvalue weighted by Gasteiger charge is 2.50. The Morgan fingerprint density at radius 1 is 1.00 bits per heavy atom. The number of hydrogen-bond donors (Lipinski definition) is 1. The summed E-state index contributed by atoms with van der Waals surface area (Å²) in [6, 6.07) is 11.8. The molecule has 5 rings (SSSR count). The highest BCUT2D eigenvalue weighted by atomic mass is 19.1. The van der Waals surface area contributed by atoms with Crippen molar-refractivity contribution in [2.75, 3.05) is 27.2 Å². The highest BCUT2D eigenvalue weighted by Crippen LogP contribution is 2.36. The number of hydrogen-bond acceptors (Lipinski definition) is 4. The third kappa shape index (κ3) is 5.64. The molecule has 1 unspecified atom stereocenters. The SMILES string of the molecule is CC(C)C[C@@H]1C(=O)NC(C2Cc3ccccc3C2)C(=O)N1[C@@H](C(=O)N1CCC(N(C)C)CC1)c1ccc(F)cc1. The second-order valence-electron chi connectivity index (χ2n) is 12.3. The molecule has 2 saturated heterocycles. The maximum Gasteiger partial charge on any atom is 0.250 e. The molecule has 2 fully saturated rings. The average molecular weight is 549 g/mol. The zero-order valence-corrected chi connectivity index (χ0v) is 24.0. The van der Waals surface area contributed by atoms with Crippen LogP contribution < -0.4 is 5.32 Å². The van der Waals surface area contributed by atoms with Crippen molar-refractivity contribution >= 4 is 17.7 Å². The zero-order chi connectivity index (χ0) is 28.6. The number of amides is 3. The maximum absolute atomic E-state index is 14.5. The minimum atomic E-state index is -0.995. The lowest BCUT2D eigenvalue weighted by atomic mass is 9.87. The second-order valence-corrected chi connectivity index (χ2v) is 12.3. The number of halogens is 1. The van der Waals surface area contributed by atoms with E-state index in [2.05, 4.69) is 22.3 Å². The molecule has 1 N–H and O–H groups in total. The van der Waals surface area contributed by atoms with Crippen LogP contribution in [0.25, 0.3) is 0 Å². The molecule has 2 aliphatic heterocycles. The fourth-order valence-electron chi connectivity index (χ4n) is 6.72. The molecule has 0 spiro atoms. The Morgan fingerprint density at radius 2 is 1.60 bits per heavy atom. The lowest BCUT2D eigenvalue weighted by molar-refractivity contribution is -0.160. The monoisotopic (exact) mass is 548 g/mol. The van der Waals surface area contributed by atoms with E-state index in [0.29, 0.717) is 44.0 Å². The van der Waals surface area contributed by atoms with E-state index in [1.807, 2.05) is 45.0 Å². The van der Waals surface area contributed by atoms with Gasteiger partial charge in [-0.2, -0.15) is 0 Å². The molecule has 3 aliphatic rings. The van der Waals surface area contributed by atoms with Gasteiger partial charge in [0.2, 0.25) is 17.7 Å². The number of rotatable bonds is 7. The smallest absolute Gasteiger partial charge is 0.250 e. The Labute approximate surface area is 236 Å². The van der Waals surface area contributed by atoms with Crippen LogP contribution in [-0.4, -0.2) is 77.7 Å². The number of carbonyl (C=O) groups is 3. The van der Waals surface area contributed by atoms with Crippen LogP contribution in [0.5, 0.6) is 0 Å². The van der Waals surface area contributed by atoms with Crippen LogP contribution in [-0.2, 0) is 27.2 Å². The minimum absolute atomic E-state index is 0.0869. The van der Waals surface area contributed by atoms with Gasteiger partial charge in [-0.15, -0.1) is 0 Å². The summed E-state index contributed by atoms with van der Waals surface area (Å²) in [7, 11) is 4.10. The number of nitrogens with zero attached hydrogens (tertiary/aromatic N) is 3. The predicted molar refractivity (Wildman–Crippen MR) is 152 cm³/mol. The van der Waals surface area contributed by atoms with Gasteiger partial charge in [0, 0.05) is 19.1 Å². The maximum atomic E-state index is 14.5. The van der Waals surface area contributed by atoms with Crippen molar-refractivity contribution < 1.29 is 18.8 Å². The Morgan fingerprint density at radius 3 is 2.15 bits per heavy atom. The van der Waals surface area contributed by atoms with Crippen molar-refractivity contribution in [1.29, 1.82) is 0 Å². The lowest BCUT2D eigenvalue weighted by Gasteiger charge is -2.46. The van der Waals surface area contributed by atoms with E-state index >= 15 is 0 Å². The lowest BCUT2D eigenvalue weighted by Crippen LogP contribution is -2.67. The van der Waals surface area contributed by atoms with Gasteiger partial charge in [0.25, 0.3) is 0 Å². The summed E-state index contributed by atoms with van der Waals surface area (Å²) in [6.45, 7) is 5.17. The van der Waals surface area contributed by atoms with E-state index in [9.17, 15) is 18.8 Å². The van der Waals surface area contributed by atoms with Crippen LogP contribution in [0, 0.1) is 17.7 Å². The van der Waals surface area contributed by atoms with Crippen LogP contribution in [0.3, 0.4) is 0 Å². The molecule has 2 heterocycles. The quantitative estimate of drug-likeness (QED) is 0.574. The van der Waals surface area contributed by atoms with Gasteiger partial charge in [-0.1, -0.05) is 50.2 Å². The molecule has 2 aromatic carbocycles. The normalized spacial score (nSPS) is 23.1. The van der Waals surface area contributed by atoms with Crippen molar-refractivity contribution in [1.82, 2.24) is 20.0 Å². The molecule has 8 heteroatoms. The molecular formula is C32H41FN4O3. The molecule has 3 atom stereocenters. The van der Waals surface area contributed by atoms with Gasteiger partial charge in [-0.05, 0) is 86.9 Å². The summed E-state index contributed by atoms with van der Waals surface area (Å²) in [5.74, 6) is -1.03. The fraction of sp³-hybridized carbons (Fsp3) is 0.531. The summed E-state index contributed by atoms with van der Waals surface area (Å²) >= 11 is 0. The summed E-state index contributed by atoms with van der Waals surface area (Å²) in [5.41, 5.74) is 2.92. The zero-order valence-electron chi connectivity index (χ0n) is 24.0. The molecule has 2 aromatic rings. The first kappa shape index (κ1) is 28.3. The van der Waals surface area contributed by atoms with Crippen molar-refractivity contribution in [3.63, 3.8) is 0 Å². The van der Waals surface area contributed by atoms with Crippen molar-refractivity contribution in [3.8, 4) is 0 Å². The van der Waals surface area contributed by atoms with Crippen molar-refractivity contribution in [2.45, 2.75) is 70.1 Å². The first-order chi connectivity index (χ1) is 19.1. The number of likely N-dealkylation sites (tertiary alicyclic amines) is 1. The van der Waals surface area contributed by atoms with Crippen LogP contribution in [0.4, 0.5) is 4.39 Å². The molecule has 0 bridgehead atoms. The van der Waals surface area contributed by atoms with Crippen molar-refractivity contribution in [2.24, 2.45) is 11.8 Å². The number of benzene rings is 2. The summed E-state index contributed by atoms with van der Waals surface area (Å²) in [5, 5.41) is 3.06. The van der Waals surface area contributed by atoms with E-state index < -0.39 is 23.9 Å². The van der Waals surface area contributed by atoms with Gasteiger partial charge in [-0.25, -0.2) is 4.39 Å². The largest absolute Gasteiger partial charge is 0.342 e. The first-order valence-corrected chi connectivity index (χ1v) is 14.5. The Bertz CT molecular complexity index is 1210. The van der Waals surface area contributed by atoms with Crippen LogP contribution in [0.15, 0.2) is 48.5 Å². The highest BCUT2D eigenvalue weighted by molar-refractivity contribution is 6.00. The van der Waals surface area contributed by atoms with E-state index in [4.69, 9.17) is 0 Å². The number of piperazine rings is 1. The topological polar surface area (TPSA) is 73.0 Å². The molecule has 214 valence electrons. The molecule has 3 amide bonds. The van der Waals surface area contributed by atoms with Gasteiger partial charge in [0.15, 0.2) is 0 Å². The Balaban J connectivity index is 1.51. The van der Waals surface area contributed by atoms with E-state index in [1.165, 1.54) is 23.3 Å². The van der Waals surface area contributed by atoms with Gasteiger partial charge in [0.1, 0.15) is 23.9 Å². The number of fused-ring (bicyclic) bond motifs is 1. The van der Waals surface area contributed by atoms with Crippen LogP contribution in [0.2, 0.25) is 0 Å². The number of carbonyl (C=O) groups excluding carboxylic acids is 3. The third-order valence-electron chi connectivity index (χ3n) is 8.91. The number of piperidine rings is 1. The van der Waals surface area contributed by atoms with Crippen LogP contribution in [0.1, 0.15) is 55.8 Å². The predicted octanol–water partition coefficient (Wildman–Crippen LogP) is 3.58. The van der Waals surface area contributed by atoms with E-state index in [0.717, 1.165) is 12.8 Å².